The maximum Gasteiger partial charge on any atom is 0.0434 e. The summed E-state index contributed by atoms with van der Waals surface area (Å²) in [7, 11) is 0. The number of benzene rings is 9. The Balaban J connectivity index is 1.12. The van der Waals surface area contributed by atoms with Gasteiger partial charge in [-0.3, -0.25) is 0 Å². The summed E-state index contributed by atoms with van der Waals surface area (Å²) in [5, 5.41) is 10.4. The van der Waals surface area contributed by atoms with Crippen LogP contribution >= 0.6 is 11.3 Å². The zero-order valence-corrected chi connectivity index (χ0v) is 29.9. The van der Waals surface area contributed by atoms with E-state index in [4.69, 9.17) is 0 Å². The van der Waals surface area contributed by atoms with E-state index in [0.717, 1.165) is 0 Å². The lowest BCUT2D eigenvalue weighted by Gasteiger charge is -2.22. The molecule has 0 saturated carbocycles. The third-order valence-corrected chi connectivity index (χ3v) is 12.9. The molecule has 0 nitrogen and oxygen atoms in total. The Morgan fingerprint density at radius 2 is 0.923 bits per heavy atom. The molecular formula is C51H34S. The average molecular weight is 679 g/mol. The first-order valence-electron chi connectivity index (χ1n) is 18.2. The van der Waals surface area contributed by atoms with Crippen molar-refractivity contribution >= 4 is 63.8 Å². The summed E-state index contributed by atoms with van der Waals surface area (Å²) in [6, 6.07) is 63.6. The van der Waals surface area contributed by atoms with Gasteiger partial charge in [0.1, 0.15) is 0 Å². The van der Waals surface area contributed by atoms with Gasteiger partial charge >= 0.3 is 0 Å². The van der Waals surface area contributed by atoms with Crippen LogP contribution in [0, 0.1) is 0 Å². The van der Waals surface area contributed by atoms with Crippen LogP contribution in [0.2, 0.25) is 0 Å². The summed E-state index contributed by atoms with van der Waals surface area (Å²) < 4.78 is 2.68. The number of rotatable bonds is 3. The van der Waals surface area contributed by atoms with Gasteiger partial charge in [0.15, 0.2) is 0 Å². The molecule has 0 saturated heterocycles. The van der Waals surface area contributed by atoms with Crippen molar-refractivity contribution in [2.24, 2.45) is 0 Å². The van der Waals surface area contributed by atoms with Crippen LogP contribution in [0.15, 0.2) is 170 Å². The second kappa shape index (κ2) is 11.0. The summed E-state index contributed by atoms with van der Waals surface area (Å²) in [6.07, 6.45) is 0. The smallest absolute Gasteiger partial charge is 0.0434 e. The minimum atomic E-state index is -0.0468. The van der Waals surface area contributed by atoms with Crippen LogP contribution in [0.5, 0.6) is 0 Å². The normalized spacial score (nSPS) is 13.3. The van der Waals surface area contributed by atoms with Crippen molar-refractivity contribution in [3.8, 4) is 44.5 Å². The van der Waals surface area contributed by atoms with Crippen LogP contribution in [0.3, 0.4) is 0 Å². The van der Waals surface area contributed by atoms with Crippen molar-refractivity contribution in [3.05, 3.63) is 181 Å². The van der Waals surface area contributed by atoms with Gasteiger partial charge in [-0.05, 0) is 113 Å². The van der Waals surface area contributed by atoms with E-state index in [9.17, 15) is 0 Å². The highest BCUT2D eigenvalue weighted by molar-refractivity contribution is 7.26. The number of fused-ring (bicyclic) bond motifs is 9. The molecule has 0 amide bonds. The van der Waals surface area contributed by atoms with Crippen molar-refractivity contribution in [2.45, 2.75) is 19.3 Å². The predicted molar refractivity (Wildman–Crippen MR) is 226 cm³/mol. The third-order valence-electron chi connectivity index (χ3n) is 11.6. The minimum absolute atomic E-state index is 0.0468. The number of thiophene rings is 1. The predicted octanol–water partition coefficient (Wildman–Crippen LogP) is 14.8. The molecule has 0 atom stereocenters. The summed E-state index contributed by atoms with van der Waals surface area (Å²) >= 11 is 1.90. The highest BCUT2D eigenvalue weighted by Gasteiger charge is 2.35. The maximum atomic E-state index is 2.43. The molecule has 0 radical (unpaired) electrons. The van der Waals surface area contributed by atoms with E-state index >= 15 is 0 Å². The zero-order chi connectivity index (χ0) is 34.6. The van der Waals surface area contributed by atoms with E-state index in [-0.39, 0.29) is 5.41 Å². The monoisotopic (exact) mass is 678 g/mol. The molecule has 244 valence electrons. The Bertz CT molecular complexity index is 3040. The first-order valence-corrected chi connectivity index (χ1v) is 19.0. The van der Waals surface area contributed by atoms with Crippen LogP contribution in [-0.4, -0.2) is 0 Å². The Morgan fingerprint density at radius 3 is 1.67 bits per heavy atom. The van der Waals surface area contributed by atoms with Crippen LogP contribution in [0.4, 0.5) is 0 Å². The Labute approximate surface area is 307 Å². The van der Waals surface area contributed by atoms with Crippen molar-refractivity contribution < 1.29 is 0 Å². The molecule has 0 N–H and O–H groups in total. The van der Waals surface area contributed by atoms with Crippen molar-refractivity contribution in [1.82, 2.24) is 0 Å². The molecule has 1 aliphatic carbocycles. The summed E-state index contributed by atoms with van der Waals surface area (Å²) in [5.74, 6) is 0. The summed E-state index contributed by atoms with van der Waals surface area (Å²) in [4.78, 5) is 0. The van der Waals surface area contributed by atoms with Gasteiger partial charge in [-0.2, -0.15) is 0 Å². The lowest BCUT2D eigenvalue weighted by atomic mass is 9.81. The topological polar surface area (TPSA) is 0 Å². The standard InChI is InChI=1S/C51H34S/c1-51(2)45-26-25-34(29-43(45)44-28-32-13-3-4-14-33(32)30-46(44)51)31-15-11-16-35(27-31)48-37-18-5-7-20-39(37)49(40-21-8-6-19-38(40)48)42-23-12-22-41-36-17-9-10-24-47(36)52-50(41)42/h3-30H,1-2H3. The molecule has 0 spiro atoms. The van der Waals surface area contributed by atoms with Gasteiger partial charge in [0.05, 0.1) is 0 Å². The van der Waals surface area contributed by atoms with Crippen LogP contribution in [-0.2, 0) is 5.41 Å². The van der Waals surface area contributed by atoms with E-state index in [1.165, 1.54) is 108 Å². The molecule has 11 rings (SSSR count). The second-order valence-electron chi connectivity index (χ2n) is 14.8. The molecule has 1 heteroatoms. The molecule has 1 aliphatic rings. The van der Waals surface area contributed by atoms with Crippen LogP contribution < -0.4 is 0 Å². The minimum Gasteiger partial charge on any atom is -0.135 e. The third kappa shape index (κ3) is 4.21. The lowest BCUT2D eigenvalue weighted by molar-refractivity contribution is 0.661. The molecule has 10 aromatic rings. The van der Waals surface area contributed by atoms with Gasteiger partial charge < -0.3 is 0 Å². The molecule has 52 heavy (non-hydrogen) atoms. The summed E-state index contributed by atoms with van der Waals surface area (Å²) in [5.41, 5.74) is 13.1. The molecule has 0 bridgehead atoms. The Hall–Kier alpha value is -6.02. The fraction of sp³-hybridized carbons (Fsp3) is 0.0588. The van der Waals surface area contributed by atoms with Crippen LogP contribution in [0.1, 0.15) is 25.0 Å². The van der Waals surface area contributed by atoms with E-state index in [0.29, 0.717) is 0 Å². The van der Waals surface area contributed by atoms with Gasteiger partial charge in [0.2, 0.25) is 0 Å². The first kappa shape index (κ1) is 29.7. The van der Waals surface area contributed by atoms with Gasteiger partial charge in [-0.15, -0.1) is 11.3 Å². The quantitative estimate of drug-likeness (QED) is 0.163. The largest absolute Gasteiger partial charge is 0.135 e. The molecule has 0 unspecified atom stereocenters. The summed E-state index contributed by atoms with van der Waals surface area (Å²) in [6.45, 7) is 4.74. The molecule has 0 fully saturated rings. The van der Waals surface area contributed by atoms with Gasteiger partial charge in [-0.25, -0.2) is 0 Å². The fourth-order valence-corrected chi connectivity index (χ4v) is 10.4. The van der Waals surface area contributed by atoms with Crippen LogP contribution in [0.25, 0.3) is 97.0 Å². The van der Waals surface area contributed by atoms with Gasteiger partial charge in [-0.1, -0.05) is 153 Å². The Kier molecular flexibility index (Phi) is 6.27. The van der Waals surface area contributed by atoms with Gasteiger partial charge in [0.25, 0.3) is 0 Å². The second-order valence-corrected chi connectivity index (χ2v) is 15.9. The number of hydrogen-bond acceptors (Lipinski definition) is 1. The van der Waals surface area contributed by atoms with Crippen molar-refractivity contribution in [2.75, 3.05) is 0 Å². The first-order chi connectivity index (χ1) is 25.5. The lowest BCUT2D eigenvalue weighted by Crippen LogP contribution is -2.14. The number of hydrogen-bond donors (Lipinski definition) is 0. The van der Waals surface area contributed by atoms with E-state index < -0.39 is 0 Å². The van der Waals surface area contributed by atoms with Crippen molar-refractivity contribution in [3.63, 3.8) is 0 Å². The fourth-order valence-electron chi connectivity index (χ4n) is 9.14. The maximum absolute atomic E-state index is 2.43. The highest BCUT2D eigenvalue weighted by atomic mass is 32.1. The molecule has 0 aliphatic heterocycles. The highest BCUT2D eigenvalue weighted by Crippen LogP contribution is 2.52. The zero-order valence-electron chi connectivity index (χ0n) is 29.1. The molecular weight excluding hydrogens is 645 g/mol. The Morgan fingerprint density at radius 1 is 0.365 bits per heavy atom. The van der Waals surface area contributed by atoms with E-state index in [1.54, 1.807) is 0 Å². The molecule has 1 aromatic heterocycles. The van der Waals surface area contributed by atoms with Crippen molar-refractivity contribution in [1.29, 1.82) is 0 Å². The molecule has 9 aromatic carbocycles. The van der Waals surface area contributed by atoms with Gasteiger partial charge in [0, 0.05) is 31.2 Å². The average Bonchev–Trinajstić information content (AvgIpc) is 3.68. The molecule has 1 heterocycles. The SMILES string of the molecule is CC1(C)c2ccc(-c3cccc(-c4c5ccccc5c(-c5cccc6c5sc5ccccc56)c5ccccc45)c3)cc2-c2cc3ccccc3cc21. The van der Waals surface area contributed by atoms with E-state index in [1.807, 2.05) is 11.3 Å². The van der Waals surface area contributed by atoms with E-state index in [2.05, 4.69) is 184 Å².